The van der Waals surface area contributed by atoms with Gasteiger partial charge in [-0.15, -0.1) is 0 Å². The average molecular weight is 331 g/mol. The van der Waals surface area contributed by atoms with E-state index in [0.29, 0.717) is 24.7 Å². The van der Waals surface area contributed by atoms with Gasteiger partial charge in [0.1, 0.15) is 5.65 Å². The molecule has 2 aromatic heterocycles. The topological polar surface area (TPSA) is 46.8 Å². The zero-order valence-corrected chi connectivity index (χ0v) is 13.9. The number of fused-ring (bicyclic) bond motifs is 1. The number of ether oxygens (including phenoxy) is 1. The SMILES string of the molecule is Cc1ccc2nc(C(=O)N(CC3CC3)CC3CCCO3)c(F)n2c1. The van der Waals surface area contributed by atoms with Gasteiger partial charge in [-0.3, -0.25) is 9.20 Å². The molecule has 3 heterocycles. The van der Waals surface area contributed by atoms with Gasteiger partial charge in [0.05, 0.1) is 6.10 Å². The van der Waals surface area contributed by atoms with Crippen molar-refractivity contribution in [2.45, 2.75) is 38.7 Å². The molecule has 24 heavy (non-hydrogen) atoms. The summed E-state index contributed by atoms with van der Waals surface area (Å²) in [5.74, 6) is -0.360. The molecule has 0 spiro atoms. The van der Waals surface area contributed by atoms with Gasteiger partial charge in [-0.2, -0.15) is 4.39 Å². The Labute approximate surface area is 140 Å². The maximum absolute atomic E-state index is 14.7. The zero-order valence-electron chi connectivity index (χ0n) is 13.9. The van der Waals surface area contributed by atoms with Crippen LogP contribution in [-0.4, -0.2) is 46.0 Å². The Bertz CT molecular complexity index is 763. The number of nitrogens with zero attached hydrogens (tertiary/aromatic N) is 3. The summed E-state index contributed by atoms with van der Waals surface area (Å²) in [7, 11) is 0. The molecular formula is C18H22FN3O2. The van der Waals surface area contributed by atoms with E-state index in [1.807, 2.05) is 13.0 Å². The number of aromatic nitrogens is 2. The quantitative estimate of drug-likeness (QED) is 0.846. The average Bonchev–Trinajstić information content (AvgIpc) is 3.12. The number of aryl methyl sites for hydroxylation is 1. The Hall–Kier alpha value is -1.95. The number of imidazole rings is 1. The number of carbonyl (C=O) groups excluding carboxylic acids is 1. The third-order valence-corrected chi connectivity index (χ3v) is 4.82. The van der Waals surface area contributed by atoms with Crippen LogP contribution in [0, 0.1) is 18.8 Å². The van der Waals surface area contributed by atoms with Crippen LogP contribution in [0.2, 0.25) is 0 Å². The molecule has 2 aromatic rings. The molecule has 1 saturated heterocycles. The molecule has 1 atom stereocenters. The van der Waals surface area contributed by atoms with Gasteiger partial charge in [-0.05, 0) is 50.2 Å². The largest absolute Gasteiger partial charge is 0.376 e. The van der Waals surface area contributed by atoms with Gasteiger partial charge in [-0.1, -0.05) is 6.07 Å². The van der Waals surface area contributed by atoms with E-state index >= 15 is 0 Å². The monoisotopic (exact) mass is 331 g/mol. The number of pyridine rings is 1. The fraction of sp³-hybridized carbons (Fsp3) is 0.556. The van der Waals surface area contributed by atoms with Crippen LogP contribution in [0.1, 0.15) is 41.7 Å². The maximum Gasteiger partial charge on any atom is 0.277 e. The number of halogens is 1. The molecule has 128 valence electrons. The minimum absolute atomic E-state index is 0.0648. The number of hydrogen-bond donors (Lipinski definition) is 0. The molecule has 1 aliphatic carbocycles. The predicted octanol–water partition coefficient (Wildman–Crippen LogP) is 2.81. The van der Waals surface area contributed by atoms with Crippen LogP contribution in [0.3, 0.4) is 0 Å². The van der Waals surface area contributed by atoms with Crippen LogP contribution in [-0.2, 0) is 4.74 Å². The first kappa shape index (κ1) is 15.6. The second kappa shape index (κ2) is 6.16. The minimum atomic E-state index is -0.577. The van der Waals surface area contributed by atoms with Crippen molar-refractivity contribution in [3.63, 3.8) is 0 Å². The maximum atomic E-state index is 14.7. The summed E-state index contributed by atoms with van der Waals surface area (Å²) in [6.45, 7) is 3.84. The fourth-order valence-corrected chi connectivity index (χ4v) is 3.29. The van der Waals surface area contributed by atoms with E-state index in [2.05, 4.69) is 4.98 Å². The highest BCUT2D eigenvalue weighted by Crippen LogP contribution is 2.31. The predicted molar refractivity (Wildman–Crippen MR) is 87.5 cm³/mol. The van der Waals surface area contributed by atoms with E-state index in [1.54, 1.807) is 17.2 Å². The van der Waals surface area contributed by atoms with E-state index in [0.717, 1.165) is 37.9 Å². The van der Waals surface area contributed by atoms with E-state index in [-0.39, 0.29) is 17.7 Å². The van der Waals surface area contributed by atoms with E-state index < -0.39 is 5.95 Å². The summed E-state index contributed by atoms with van der Waals surface area (Å²) >= 11 is 0. The van der Waals surface area contributed by atoms with Crippen molar-refractivity contribution < 1.29 is 13.9 Å². The van der Waals surface area contributed by atoms with Crippen molar-refractivity contribution in [3.05, 3.63) is 35.5 Å². The summed E-state index contributed by atoms with van der Waals surface area (Å²) in [5.41, 5.74) is 1.30. The standard InChI is InChI=1S/C18H22FN3O2/c1-12-4-7-15-20-16(17(19)22(15)9-12)18(23)21(10-13-5-6-13)11-14-3-2-8-24-14/h4,7,9,13-14H,2-3,5-6,8,10-11H2,1H3. The molecule has 2 aliphatic rings. The Kier molecular flexibility index (Phi) is 4.00. The van der Waals surface area contributed by atoms with Gasteiger partial charge in [0, 0.05) is 25.9 Å². The van der Waals surface area contributed by atoms with Crippen LogP contribution in [0.5, 0.6) is 0 Å². The van der Waals surface area contributed by atoms with E-state index in [4.69, 9.17) is 4.74 Å². The van der Waals surface area contributed by atoms with Gasteiger partial charge < -0.3 is 9.64 Å². The molecule has 0 N–H and O–H groups in total. The minimum Gasteiger partial charge on any atom is -0.376 e. The highest BCUT2D eigenvalue weighted by molar-refractivity contribution is 5.93. The number of hydrogen-bond acceptors (Lipinski definition) is 3. The summed E-state index contributed by atoms with van der Waals surface area (Å²) < 4.78 is 21.7. The normalized spacial score (nSPS) is 20.7. The summed E-state index contributed by atoms with van der Waals surface area (Å²) in [6.07, 6.45) is 6.00. The van der Waals surface area contributed by atoms with Crippen molar-refractivity contribution in [2.24, 2.45) is 5.92 Å². The first-order valence-corrected chi connectivity index (χ1v) is 8.67. The Morgan fingerprint density at radius 2 is 2.21 bits per heavy atom. The van der Waals surface area contributed by atoms with Crippen LogP contribution in [0.25, 0.3) is 5.65 Å². The molecule has 1 amide bonds. The first-order valence-electron chi connectivity index (χ1n) is 8.67. The molecule has 6 heteroatoms. The third-order valence-electron chi connectivity index (χ3n) is 4.82. The van der Waals surface area contributed by atoms with Gasteiger partial charge in [0.25, 0.3) is 5.91 Å². The van der Waals surface area contributed by atoms with Crippen LogP contribution >= 0.6 is 0 Å². The highest BCUT2D eigenvalue weighted by Gasteiger charge is 2.32. The molecule has 1 unspecified atom stereocenters. The molecule has 4 rings (SSSR count). The first-order chi connectivity index (χ1) is 11.6. The summed E-state index contributed by atoms with van der Waals surface area (Å²) in [6, 6.07) is 3.60. The summed E-state index contributed by atoms with van der Waals surface area (Å²) in [5, 5.41) is 0. The Morgan fingerprint density at radius 3 is 2.92 bits per heavy atom. The third kappa shape index (κ3) is 3.02. The second-order valence-corrected chi connectivity index (χ2v) is 6.97. The van der Waals surface area contributed by atoms with E-state index in [9.17, 15) is 9.18 Å². The fourth-order valence-electron chi connectivity index (χ4n) is 3.29. The lowest BCUT2D eigenvalue weighted by Gasteiger charge is -2.24. The lowest BCUT2D eigenvalue weighted by molar-refractivity contribution is 0.0507. The molecule has 0 bridgehead atoms. The Balaban J connectivity index is 1.61. The highest BCUT2D eigenvalue weighted by atomic mass is 19.1. The van der Waals surface area contributed by atoms with Crippen molar-refractivity contribution in [1.82, 2.24) is 14.3 Å². The Morgan fingerprint density at radius 1 is 1.38 bits per heavy atom. The van der Waals surface area contributed by atoms with Crippen LogP contribution in [0.4, 0.5) is 4.39 Å². The lowest BCUT2D eigenvalue weighted by atomic mass is 10.2. The number of rotatable bonds is 5. The molecule has 0 radical (unpaired) electrons. The van der Waals surface area contributed by atoms with Gasteiger partial charge in [0.15, 0.2) is 5.69 Å². The van der Waals surface area contributed by atoms with Gasteiger partial charge >= 0.3 is 0 Å². The molecular weight excluding hydrogens is 309 g/mol. The van der Waals surface area contributed by atoms with Crippen molar-refractivity contribution in [3.8, 4) is 0 Å². The molecule has 2 fully saturated rings. The molecule has 5 nitrogen and oxygen atoms in total. The van der Waals surface area contributed by atoms with Gasteiger partial charge in [-0.25, -0.2) is 4.98 Å². The lowest BCUT2D eigenvalue weighted by Crippen LogP contribution is -2.39. The van der Waals surface area contributed by atoms with Crippen LogP contribution < -0.4 is 0 Å². The number of carbonyl (C=O) groups is 1. The summed E-state index contributed by atoms with van der Waals surface area (Å²) in [4.78, 5) is 18.9. The van der Waals surface area contributed by atoms with E-state index in [1.165, 1.54) is 4.40 Å². The molecule has 1 saturated carbocycles. The van der Waals surface area contributed by atoms with Crippen molar-refractivity contribution in [1.29, 1.82) is 0 Å². The van der Waals surface area contributed by atoms with Gasteiger partial charge in [0.2, 0.25) is 5.95 Å². The molecule has 1 aliphatic heterocycles. The number of amides is 1. The molecule has 0 aromatic carbocycles. The van der Waals surface area contributed by atoms with Crippen molar-refractivity contribution >= 4 is 11.6 Å². The second-order valence-electron chi connectivity index (χ2n) is 6.97. The smallest absolute Gasteiger partial charge is 0.277 e. The zero-order chi connectivity index (χ0) is 16.7. The van der Waals surface area contributed by atoms with Crippen LogP contribution in [0.15, 0.2) is 18.3 Å². The van der Waals surface area contributed by atoms with Crippen molar-refractivity contribution in [2.75, 3.05) is 19.7 Å².